The summed E-state index contributed by atoms with van der Waals surface area (Å²) in [5, 5.41) is 3.35. The van der Waals surface area contributed by atoms with E-state index in [9.17, 15) is 9.59 Å². The number of rotatable bonds is 3. The second-order valence-electron chi connectivity index (χ2n) is 6.63. The molecule has 0 atom stereocenters. The van der Waals surface area contributed by atoms with Gasteiger partial charge in [-0.15, -0.1) is 0 Å². The molecule has 1 aliphatic heterocycles. The third kappa shape index (κ3) is 3.36. The van der Waals surface area contributed by atoms with Gasteiger partial charge in [0.2, 0.25) is 11.5 Å². The second kappa shape index (κ2) is 7.11. The predicted octanol–water partition coefficient (Wildman–Crippen LogP) is 3.34. The number of nitrogens with two attached hydrogens (primary N) is 1. The quantitative estimate of drug-likeness (QED) is 0.744. The molecule has 1 saturated heterocycles. The number of anilines is 1. The standard InChI is InChI=1S/C20H20N4O3/c21-18(25)17-16(15-7-4-10-22-19(15)27-17)23-20(26)24-11-8-14(9-12-24)13-5-2-1-3-6-13/h1-7,10,14H,8-9,11-12H2,(H2,21,25)(H,23,26). The lowest BCUT2D eigenvalue weighted by Crippen LogP contribution is -2.40. The van der Waals surface area contributed by atoms with E-state index in [0.29, 0.717) is 24.4 Å². The fraction of sp³-hybridized carbons (Fsp3) is 0.250. The van der Waals surface area contributed by atoms with E-state index in [4.69, 9.17) is 10.2 Å². The Bertz CT molecular complexity index is 975. The molecule has 3 N–H and O–H groups in total. The number of benzene rings is 1. The summed E-state index contributed by atoms with van der Waals surface area (Å²) in [6.45, 7) is 1.29. The third-order valence-corrected chi connectivity index (χ3v) is 4.98. The second-order valence-corrected chi connectivity index (χ2v) is 6.63. The Morgan fingerprint density at radius 3 is 2.56 bits per heavy atom. The minimum absolute atomic E-state index is 0.0868. The van der Waals surface area contributed by atoms with Crippen LogP contribution in [-0.4, -0.2) is 34.9 Å². The van der Waals surface area contributed by atoms with Gasteiger partial charge >= 0.3 is 6.03 Å². The molecule has 0 bridgehead atoms. The first-order valence-corrected chi connectivity index (χ1v) is 8.91. The van der Waals surface area contributed by atoms with Gasteiger partial charge in [-0.25, -0.2) is 9.78 Å². The van der Waals surface area contributed by atoms with Crippen LogP contribution in [0, 0.1) is 0 Å². The molecule has 4 rings (SSSR count). The first-order chi connectivity index (χ1) is 13.1. The highest BCUT2D eigenvalue weighted by Crippen LogP contribution is 2.31. The summed E-state index contributed by atoms with van der Waals surface area (Å²) < 4.78 is 5.40. The molecule has 1 fully saturated rings. The normalized spacial score (nSPS) is 15.0. The van der Waals surface area contributed by atoms with Crippen molar-refractivity contribution in [3.63, 3.8) is 0 Å². The SMILES string of the molecule is NC(=O)c1oc2ncccc2c1NC(=O)N1CCC(c2ccccc2)CC1. The Labute approximate surface area is 156 Å². The van der Waals surface area contributed by atoms with E-state index < -0.39 is 5.91 Å². The van der Waals surface area contributed by atoms with Gasteiger partial charge in [0.25, 0.3) is 5.91 Å². The van der Waals surface area contributed by atoms with Crippen molar-refractivity contribution >= 4 is 28.7 Å². The predicted molar refractivity (Wildman–Crippen MR) is 102 cm³/mol. The summed E-state index contributed by atoms with van der Waals surface area (Å²) in [7, 11) is 0. The number of nitrogens with one attached hydrogen (secondary N) is 1. The zero-order valence-electron chi connectivity index (χ0n) is 14.7. The smallest absolute Gasteiger partial charge is 0.321 e. The molecule has 2 aromatic heterocycles. The Kier molecular flexibility index (Phi) is 4.50. The Morgan fingerprint density at radius 1 is 1.11 bits per heavy atom. The van der Waals surface area contributed by atoms with Crippen LogP contribution >= 0.6 is 0 Å². The summed E-state index contributed by atoms with van der Waals surface area (Å²) in [6, 6.07) is 13.5. The van der Waals surface area contributed by atoms with Crippen molar-refractivity contribution in [1.82, 2.24) is 9.88 Å². The number of nitrogens with zero attached hydrogens (tertiary/aromatic N) is 2. The van der Waals surface area contributed by atoms with Crippen LogP contribution in [0.2, 0.25) is 0 Å². The van der Waals surface area contributed by atoms with Gasteiger partial charge in [0.15, 0.2) is 0 Å². The molecular weight excluding hydrogens is 344 g/mol. The minimum Gasteiger partial charge on any atom is -0.430 e. The zero-order valence-corrected chi connectivity index (χ0v) is 14.7. The highest BCUT2D eigenvalue weighted by Gasteiger charge is 2.26. The molecule has 3 amide bonds. The van der Waals surface area contributed by atoms with Gasteiger partial charge in [0.05, 0.1) is 5.39 Å². The molecule has 0 saturated carbocycles. The maximum Gasteiger partial charge on any atom is 0.321 e. The van der Waals surface area contributed by atoms with E-state index in [-0.39, 0.29) is 23.2 Å². The Balaban J connectivity index is 1.48. The van der Waals surface area contributed by atoms with Crippen molar-refractivity contribution in [3.8, 4) is 0 Å². The van der Waals surface area contributed by atoms with Gasteiger partial charge in [-0.05, 0) is 36.5 Å². The van der Waals surface area contributed by atoms with Gasteiger partial charge in [-0.1, -0.05) is 30.3 Å². The highest BCUT2D eigenvalue weighted by molar-refractivity contribution is 6.09. The molecule has 1 aliphatic rings. The van der Waals surface area contributed by atoms with Crippen molar-refractivity contribution in [2.75, 3.05) is 18.4 Å². The molecule has 0 unspecified atom stereocenters. The van der Waals surface area contributed by atoms with Crippen LogP contribution in [-0.2, 0) is 0 Å². The van der Waals surface area contributed by atoms with Gasteiger partial charge in [-0.3, -0.25) is 4.79 Å². The van der Waals surface area contributed by atoms with E-state index in [2.05, 4.69) is 22.4 Å². The van der Waals surface area contributed by atoms with Crippen molar-refractivity contribution in [2.45, 2.75) is 18.8 Å². The molecule has 27 heavy (non-hydrogen) atoms. The zero-order chi connectivity index (χ0) is 18.8. The average molecular weight is 364 g/mol. The topological polar surface area (TPSA) is 101 Å². The molecule has 3 heterocycles. The number of aromatic nitrogens is 1. The number of pyridine rings is 1. The number of likely N-dealkylation sites (tertiary alicyclic amines) is 1. The van der Waals surface area contributed by atoms with Crippen molar-refractivity contribution in [1.29, 1.82) is 0 Å². The van der Waals surface area contributed by atoms with Gasteiger partial charge < -0.3 is 20.4 Å². The Morgan fingerprint density at radius 2 is 1.85 bits per heavy atom. The lowest BCUT2D eigenvalue weighted by molar-refractivity contribution is 0.0977. The first kappa shape index (κ1) is 17.1. The lowest BCUT2D eigenvalue weighted by Gasteiger charge is -2.32. The fourth-order valence-corrected chi connectivity index (χ4v) is 3.56. The van der Waals surface area contributed by atoms with Crippen LogP contribution in [0.3, 0.4) is 0 Å². The fourth-order valence-electron chi connectivity index (χ4n) is 3.56. The number of urea groups is 1. The molecule has 138 valence electrons. The molecule has 0 aliphatic carbocycles. The number of fused-ring (bicyclic) bond motifs is 1. The summed E-state index contributed by atoms with van der Waals surface area (Å²) in [6.07, 6.45) is 3.35. The number of carbonyl (C=O) groups is 2. The van der Waals surface area contributed by atoms with Gasteiger partial charge in [0, 0.05) is 19.3 Å². The Hall–Kier alpha value is -3.35. The van der Waals surface area contributed by atoms with Crippen LogP contribution in [0.5, 0.6) is 0 Å². The first-order valence-electron chi connectivity index (χ1n) is 8.91. The average Bonchev–Trinajstić information content (AvgIpc) is 3.08. The van der Waals surface area contributed by atoms with E-state index >= 15 is 0 Å². The van der Waals surface area contributed by atoms with Crippen LogP contribution in [0.25, 0.3) is 11.1 Å². The van der Waals surface area contributed by atoms with E-state index in [1.54, 1.807) is 23.2 Å². The number of piperidine rings is 1. The lowest BCUT2D eigenvalue weighted by atomic mass is 9.90. The van der Waals surface area contributed by atoms with Crippen LogP contribution in [0.1, 0.15) is 34.9 Å². The molecule has 3 aromatic rings. The molecule has 0 spiro atoms. The van der Waals surface area contributed by atoms with Crippen LogP contribution < -0.4 is 11.1 Å². The number of primary amides is 1. The summed E-state index contributed by atoms with van der Waals surface area (Å²) >= 11 is 0. The largest absolute Gasteiger partial charge is 0.430 e. The summed E-state index contributed by atoms with van der Waals surface area (Å²) in [5.74, 6) is -0.377. The minimum atomic E-state index is -0.744. The van der Waals surface area contributed by atoms with Crippen LogP contribution in [0.4, 0.5) is 10.5 Å². The summed E-state index contributed by atoms with van der Waals surface area (Å²) in [4.78, 5) is 30.2. The number of furan rings is 1. The molecular formula is C20H20N4O3. The monoisotopic (exact) mass is 364 g/mol. The number of amides is 3. The number of hydrogen-bond donors (Lipinski definition) is 2. The van der Waals surface area contributed by atoms with Crippen molar-refractivity contribution in [2.24, 2.45) is 5.73 Å². The third-order valence-electron chi connectivity index (χ3n) is 4.98. The highest BCUT2D eigenvalue weighted by atomic mass is 16.4. The van der Waals surface area contributed by atoms with E-state index in [1.807, 2.05) is 18.2 Å². The van der Waals surface area contributed by atoms with Crippen LogP contribution in [0.15, 0.2) is 53.1 Å². The maximum absolute atomic E-state index is 12.7. The van der Waals surface area contributed by atoms with Crippen molar-refractivity contribution < 1.29 is 14.0 Å². The van der Waals surface area contributed by atoms with Gasteiger partial charge in [0.1, 0.15) is 5.69 Å². The van der Waals surface area contributed by atoms with Crippen molar-refractivity contribution in [3.05, 3.63) is 60.0 Å². The molecule has 7 nitrogen and oxygen atoms in total. The summed E-state index contributed by atoms with van der Waals surface area (Å²) in [5.41, 5.74) is 7.24. The van der Waals surface area contributed by atoms with E-state index in [0.717, 1.165) is 12.8 Å². The molecule has 0 radical (unpaired) electrons. The number of hydrogen-bond acceptors (Lipinski definition) is 4. The molecule has 7 heteroatoms. The maximum atomic E-state index is 12.7. The number of carbonyl (C=O) groups excluding carboxylic acids is 2. The van der Waals surface area contributed by atoms with E-state index in [1.165, 1.54) is 5.56 Å². The van der Waals surface area contributed by atoms with Gasteiger partial charge in [-0.2, -0.15) is 0 Å². The molecule has 1 aromatic carbocycles.